The van der Waals surface area contributed by atoms with Crippen molar-refractivity contribution in [3.8, 4) is 0 Å². The van der Waals surface area contributed by atoms with Gasteiger partial charge in [-0.3, -0.25) is 4.90 Å². The number of hydrogen-bond acceptors (Lipinski definition) is 4. The van der Waals surface area contributed by atoms with E-state index >= 15 is 0 Å². The predicted octanol–water partition coefficient (Wildman–Crippen LogP) is 2.32. The normalized spacial score (nSPS) is 24.3. The van der Waals surface area contributed by atoms with E-state index in [0.29, 0.717) is 18.9 Å². The lowest BCUT2D eigenvalue weighted by Gasteiger charge is -2.39. The summed E-state index contributed by atoms with van der Waals surface area (Å²) in [4.78, 5) is 28.4. The second-order valence-corrected chi connectivity index (χ2v) is 6.65. The zero-order chi connectivity index (χ0) is 15.5. The Morgan fingerprint density at radius 2 is 2.14 bits per heavy atom. The number of carbonyl (C=O) groups is 2. The molecule has 0 saturated carbocycles. The molecular formula is C16H20N2O3S. The first-order chi connectivity index (χ1) is 10.7. The monoisotopic (exact) mass is 320 g/mol. The van der Waals surface area contributed by atoms with E-state index in [-0.39, 0.29) is 17.4 Å². The van der Waals surface area contributed by atoms with Crippen LogP contribution in [0.15, 0.2) is 30.3 Å². The summed E-state index contributed by atoms with van der Waals surface area (Å²) in [6, 6.07) is 9.44. The van der Waals surface area contributed by atoms with Gasteiger partial charge in [-0.15, -0.1) is 11.8 Å². The summed E-state index contributed by atoms with van der Waals surface area (Å²) >= 11 is 1.68. The number of hydrogen-bond donors (Lipinski definition) is 0. The van der Waals surface area contributed by atoms with Crippen LogP contribution >= 0.6 is 11.8 Å². The van der Waals surface area contributed by atoms with Crippen LogP contribution < -0.4 is 0 Å². The fourth-order valence-electron chi connectivity index (χ4n) is 2.94. The van der Waals surface area contributed by atoms with Gasteiger partial charge in [-0.05, 0) is 18.9 Å². The van der Waals surface area contributed by atoms with Gasteiger partial charge in [0.05, 0.1) is 12.0 Å². The van der Waals surface area contributed by atoms with Crippen LogP contribution in [0.25, 0.3) is 0 Å². The Morgan fingerprint density at radius 3 is 2.86 bits per heavy atom. The highest BCUT2D eigenvalue weighted by Gasteiger charge is 2.46. The molecular weight excluding hydrogens is 300 g/mol. The molecule has 1 aromatic rings. The van der Waals surface area contributed by atoms with Crippen molar-refractivity contribution in [1.82, 2.24) is 9.80 Å². The minimum Gasteiger partial charge on any atom is -0.464 e. The molecule has 0 unspecified atom stereocenters. The van der Waals surface area contributed by atoms with Crippen molar-refractivity contribution in [2.45, 2.75) is 31.3 Å². The summed E-state index contributed by atoms with van der Waals surface area (Å²) in [7, 11) is 0. The van der Waals surface area contributed by atoms with Gasteiger partial charge in [-0.1, -0.05) is 30.3 Å². The Bertz CT molecular complexity index is 552. The maximum absolute atomic E-state index is 12.8. The largest absolute Gasteiger partial charge is 0.464 e. The van der Waals surface area contributed by atoms with Crippen molar-refractivity contribution >= 4 is 23.8 Å². The van der Waals surface area contributed by atoms with E-state index in [1.807, 2.05) is 35.2 Å². The van der Waals surface area contributed by atoms with Crippen LogP contribution in [-0.2, 0) is 16.1 Å². The number of carbonyl (C=O) groups excluding carboxylic acids is 2. The van der Waals surface area contributed by atoms with Crippen molar-refractivity contribution in [2.24, 2.45) is 0 Å². The van der Waals surface area contributed by atoms with Gasteiger partial charge >= 0.3 is 12.0 Å². The van der Waals surface area contributed by atoms with E-state index < -0.39 is 6.04 Å². The third-order valence-corrected chi connectivity index (χ3v) is 5.36. The third-order valence-electron chi connectivity index (χ3n) is 4.00. The Balaban J connectivity index is 1.72. The van der Waals surface area contributed by atoms with Crippen LogP contribution in [-0.4, -0.2) is 52.1 Å². The van der Waals surface area contributed by atoms with Gasteiger partial charge in [0.2, 0.25) is 0 Å². The van der Waals surface area contributed by atoms with Gasteiger partial charge in [-0.2, -0.15) is 0 Å². The molecule has 2 saturated heterocycles. The van der Waals surface area contributed by atoms with Crippen molar-refractivity contribution in [3.63, 3.8) is 0 Å². The fraction of sp³-hybridized carbons (Fsp3) is 0.500. The lowest BCUT2D eigenvalue weighted by Crippen LogP contribution is -2.56. The zero-order valence-corrected chi connectivity index (χ0v) is 13.4. The van der Waals surface area contributed by atoms with E-state index in [1.165, 1.54) is 0 Å². The molecule has 2 heterocycles. The number of fused-ring (bicyclic) bond motifs is 1. The molecule has 1 aromatic carbocycles. The predicted molar refractivity (Wildman–Crippen MR) is 85.4 cm³/mol. The molecule has 22 heavy (non-hydrogen) atoms. The molecule has 0 bridgehead atoms. The Kier molecular flexibility index (Phi) is 4.57. The van der Waals surface area contributed by atoms with E-state index in [0.717, 1.165) is 18.5 Å². The van der Waals surface area contributed by atoms with Gasteiger partial charge < -0.3 is 9.64 Å². The first kappa shape index (κ1) is 15.2. The number of esters is 1. The minimum absolute atomic E-state index is 0.0526. The SMILES string of the molecule is CCOC(=O)[C@@H]1CS[C@@H]2CCN(Cc3ccccc3)C(=O)N21. The average Bonchev–Trinajstić information content (AvgIpc) is 2.96. The molecule has 0 aromatic heterocycles. The molecule has 0 spiro atoms. The van der Waals surface area contributed by atoms with E-state index in [2.05, 4.69) is 0 Å². The number of nitrogens with zero attached hydrogens (tertiary/aromatic N) is 2. The van der Waals surface area contributed by atoms with Crippen molar-refractivity contribution in [3.05, 3.63) is 35.9 Å². The highest BCUT2D eigenvalue weighted by atomic mass is 32.2. The highest BCUT2D eigenvalue weighted by molar-refractivity contribution is 8.00. The van der Waals surface area contributed by atoms with E-state index in [1.54, 1.807) is 23.6 Å². The van der Waals surface area contributed by atoms with Crippen LogP contribution in [0, 0.1) is 0 Å². The topological polar surface area (TPSA) is 49.9 Å². The van der Waals surface area contributed by atoms with Gasteiger partial charge in [0, 0.05) is 18.8 Å². The summed E-state index contributed by atoms with van der Waals surface area (Å²) in [6.07, 6.45) is 0.888. The highest BCUT2D eigenvalue weighted by Crippen LogP contribution is 2.36. The van der Waals surface area contributed by atoms with Gasteiger partial charge in [0.25, 0.3) is 0 Å². The summed E-state index contributed by atoms with van der Waals surface area (Å²) < 4.78 is 5.11. The maximum Gasteiger partial charge on any atom is 0.329 e. The number of thioether (sulfide) groups is 1. The van der Waals surface area contributed by atoms with E-state index in [4.69, 9.17) is 4.74 Å². The lowest BCUT2D eigenvalue weighted by molar-refractivity contribution is -0.147. The lowest BCUT2D eigenvalue weighted by atomic mass is 10.1. The molecule has 2 amide bonds. The fourth-order valence-corrected chi connectivity index (χ4v) is 4.31. The van der Waals surface area contributed by atoms with Gasteiger partial charge in [-0.25, -0.2) is 9.59 Å². The number of benzene rings is 1. The summed E-state index contributed by atoms with van der Waals surface area (Å²) in [5, 5.41) is 0.105. The number of urea groups is 1. The first-order valence-corrected chi connectivity index (χ1v) is 8.65. The molecule has 0 radical (unpaired) electrons. The quantitative estimate of drug-likeness (QED) is 0.799. The molecule has 118 valence electrons. The minimum atomic E-state index is -0.443. The second-order valence-electron chi connectivity index (χ2n) is 5.44. The maximum atomic E-state index is 12.8. The Labute approximate surface area is 134 Å². The van der Waals surface area contributed by atoms with Gasteiger partial charge in [0.1, 0.15) is 6.04 Å². The number of ether oxygens (including phenoxy) is 1. The van der Waals surface area contributed by atoms with Crippen molar-refractivity contribution in [1.29, 1.82) is 0 Å². The Hall–Kier alpha value is -1.69. The number of rotatable bonds is 4. The molecule has 2 aliphatic heterocycles. The third kappa shape index (κ3) is 2.92. The number of amides is 2. The molecule has 0 aliphatic carbocycles. The Morgan fingerprint density at radius 1 is 1.36 bits per heavy atom. The summed E-state index contributed by atoms with van der Waals surface area (Å²) in [5.74, 6) is 0.349. The molecule has 5 nitrogen and oxygen atoms in total. The molecule has 2 atom stereocenters. The van der Waals surface area contributed by atoms with Crippen LogP contribution in [0.4, 0.5) is 4.79 Å². The molecule has 2 aliphatic rings. The van der Waals surface area contributed by atoms with Crippen molar-refractivity contribution in [2.75, 3.05) is 18.9 Å². The van der Waals surface area contributed by atoms with Crippen LogP contribution in [0.3, 0.4) is 0 Å². The van der Waals surface area contributed by atoms with Crippen LogP contribution in [0.2, 0.25) is 0 Å². The van der Waals surface area contributed by atoms with Crippen molar-refractivity contribution < 1.29 is 14.3 Å². The second kappa shape index (κ2) is 6.60. The zero-order valence-electron chi connectivity index (χ0n) is 12.6. The smallest absolute Gasteiger partial charge is 0.329 e. The molecule has 6 heteroatoms. The summed E-state index contributed by atoms with van der Waals surface area (Å²) in [6.45, 7) is 3.46. The van der Waals surface area contributed by atoms with Gasteiger partial charge in [0.15, 0.2) is 0 Å². The van der Waals surface area contributed by atoms with Crippen LogP contribution in [0.1, 0.15) is 18.9 Å². The standard InChI is InChI=1S/C16H20N2O3S/c1-2-21-15(19)13-11-22-14-8-9-17(16(20)18(13)14)10-12-6-4-3-5-7-12/h3-7,13-14H,2,8-11H2,1H3/t13-,14+/m0/s1. The average molecular weight is 320 g/mol. The molecule has 0 N–H and O–H groups in total. The van der Waals surface area contributed by atoms with E-state index in [9.17, 15) is 9.59 Å². The molecule has 3 rings (SSSR count). The summed E-state index contributed by atoms with van der Waals surface area (Å²) in [5.41, 5.74) is 1.11. The first-order valence-electron chi connectivity index (χ1n) is 7.60. The molecule has 2 fully saturated rings. The van der Waals surface area contributed by atoms with Crippen LogP contribution in [0.5, 0.6) is 0 Å².